The van der Waals surface area contributed by atoms with Gasteiger partial charge in [0.05, 0.1) is 6.10 Å². The molecule has 1 rings (SSSR count). The lowest BCUT2D eigenvalue weighted by Gasteiger charge is -2.20. The van der Waals surface area contributed by atoms with Gasteiger partial charge in [-0.1, -0.05) is 19.1 Å². The Kier molecular flexibility index (Phi) is 6.27. The fourth-order valence-electron chi connectivity index (χ4n) is 2.10. The van der Waals surface area contributed by atoms with Crippen molar-refractivity contribution in [1.82, 2.24) is 5.32 Å². The molecule has 0 aliphatic carbocycles. The average Bonchev–Trinajstić information content (AvgIpc) is 2.38. The first-order chi connectivity index (χ1) is 10.1. The third-order valence-electron chi connectivity index (χ3n) is 3.25. The lowest BCUT2D eigenvalue weighted by atomic mass is 10.1. The number of benzene rings is 1. The quantitative estimate of drug-likeness (QED) is 0.871. The van der Waals surface area contributed by atoms with Gasteiger partial charge < -0.3 is 14.8 Å². The minimum atomic E-state index is -0.482. The summed E-state index contributed by atoms with van der Waals surface area (Å²) in [5.74, 6) is 0.940. The number of carbonyl (C=O) groups excluding carboxylic acids is 1. The third kappa shape index (κ3) is 5.96. The van der Waals surface area contributed by atoms with Crippen LogP contribution < -0.4 is 10.1 Å². The molecule has 4 heteroatoms. The summed E-state index contributed by atoms with van der Waals surface area (Å²) in [6.45, 7) is 14.2. The van der Waals surface area contributed by atoms with Gasteiger partial charge in [0.15, 0.2) is 0 Å². The van der Waals surface area contributed by atoms with E-state index in [9.17, 15) is 4.79 Å². The highest BCUT2D eigenvalue weighted by molar-refractivity contribution is 5.67. The zero-order chi connectivity index (χ0) is 16.9. The molecule has 22 heavy (non-hydrogen) atoms. The summed E-state index contributed by atoms with van der Waals surface area (Å²) in [7, 11) is 0. The second-order valence-electron chi connectivity index (χ2n) is 6.75. The Morgan fingerprint density at radius 1 is 1.23 bits per heavy atom. The Hall–Kier alpha value is -1.71. The first-order valence-corrected chi connectivity index (χ1v) is 7.86. The summed E-state index contributed by atoms with van der Waals surface area (Å²) in [6, 6.07) is 4.09. The van der Waals surface area contributed by atoms with E-state index in [-0.39, 0.29) is 6.10 Å². The second kappa shape index (κ2) is 7.52. The van der Waals surface area contributed by atoms with E-state index in [2.05, 4.69) is 19.2 Å². The summed E-state index contributed by atoms with van der Waals surface area (Å²) in [4.78, 5) is 11.7. The van der Waals surface area contributed by atoms with Gasteiger partial charge in [-0.15, -0.1) is 0 Å². The van der Waals surface area contributed by atoms with Gasteiger partial charge in [0.1, 0.15) is 11.4 Å². The van der Waals surface area contributed by atoms with Gasteiger partial charge in [-0.3, -0.25) is 0 Å². The van der Waals surface area contributed by atoms with Crippen LogP contribution in [0.2, 0.25) is 0 Å². The maximum absolute atomic E-state index is 11.7. The van der Waals surface area contributed by atoms with Crippen molar-refractivity contribution in [2.24, 2.45) is 0 Å². The van der Waals surface area contributed by atoms with E-state index < -0.39 is 11.7 Å². The number of ether oxygens (including phenoxy) is 2. The lowest BCUT2D eigenvalue weighted by Crippen LogP contribution is -2.32. The molecule has 0 heterocycles. The van der Waals surface area contributed by atoms with Crippen molar-refractivity contribution in [1.29, 1.82) is 0 Å². The van der Waals surface area contributed by atoms with Crippen molar-refractivity contribution >= 4 is 6.09 Å². The molecule has 124 valence electrons. The van der Waals surface area contributed by atoms with Gasteiger partial charge >= 0.3 is 6.09 Å². The fraction of sp³-hybridized carbons (Fsp3) is 0.611. The number of nitrogens with one attached hydrogen (secondary N) is 1. The Bertz CT molecular complexity index is 495. The highest BCUT2D eigenvalue weighted by atomic mass is 16.6. The van der Waals surface area contributed by atoms with Crippen LogP contribution in [0.15, 0.2) is 12.1 Å². The van der Waals surface area contributed by atoms with Crippen LogP contribution in [-0.2, 0) is 11.3 Å². The van der Waals surface area contributed by atoms with E-state index >= 15 is 0 Å². The molecular weight excluding hydrogens is 278 g/mol. The van der Waals surface area contributed by atoms with E-state index in [0.717, 1.165) is 28.9 Å². The van der Waals surface area contributed by atoms with Crippen molar-refractivity contribution in [2.75, 3.05) is 0 Å². The molecule has 0 aliphatic heterocycles. The SMILES string of the molecule is CC[C@@H](C)Oc1c(C)cc(CNC(=O)OC(C)(C)C)cc1C. The Morgan fingerprint density at radius 3 is 2.23 bits per heavy atom. The molecular formula is C18H29NO3. The molecule has 0 aliphatic rings. The van der Waals surface area contributed by atoms with Gasteiger partial charge in [-0.05, 0) is 64.7 Å². The molecule has 0 aromatic heterocycles. The molecule has 0 fully saturated rings. The predicted molar refractivity (Wildman–Crippen MR) is 89.4 cm³/mol. The molecule has 0 bridgehead atoms. The van der Waals surface area contributed by atoms with Crippen LogP contribution in [-0.4, -0.2) is 17.8 Å². The van der Waals surface area contributed by atoms with Crippen molar-refractivity contribution in [3.8, 4) is 5.75 Å². The highest BCUT2D eigenvalue weighted by Crippen LogP contribution is 2.26. The molecule has 0 saturated heterocycles. The number of alkyl carbamates (subject to hydrolysis) is 1. The topological polar surface area (TPSA) is 47.6 Å². The molecule has 1 N–H and O–H groups in total. The van der Waals surface area contributed by atoms with Crippen LogP contribution >= 0.6 is 0 Å². The van der Waals surface area contributed by atoms with Crippen LogP contribution in [0, 0.1) is 13.8 Å². The number of carbonyl (C=O) groups is 1. The Balaban J connectivity index is 2.72. The first kappa shape index (κ1) is 18.3. The molecule has 1 aromatic rings. The number of amides is 1. The molecule has 0 radical (unpaired) electrons. The second-order valence-corrected chi connectivity index (χ2v) is 6.75. The molecule has 1 atom stereocenters. The van der Waals surface area contributed by atoms with Crippen LogP contribution in [0.1, 0.15) is 57.7 Å². The van der Waals surface area contributed by atoms with Gasteiger partial charge in [0.2, 0.25) is 0 Å². The summed E-state index contributed by atoms with van der Waals surface area (Å²) >= 11 is 0. The number of aryl methyl sites for hydroxylation is 2. The third-order valence-corrected chi connectivity index (χ3v) is 3.25. The minimum Gasteiger partial charge on any atom is -0.490 e. The van der Waals surface area contributed by atoms with Crippen molar-refractivity contribution in [2.45, 2.75) is 73.1 Å². The zero-order valence-electron chi connectivity index (χ0n) is 14.9. The van der Waals surface area contributed by atoms with E-state index in [1.54, 1.807) is 0 Å². The van der Waals surface area contributed by atoms with Crippen molar-refractivity contribution in [3.05, 3.63) is 28.8 Å². The van der Waals surface area contributed by atoms with Crippen molar-refractivity contribution in [3.63, 3.8) is 0 Å². The van der Waals surface area contributed by atoms with Gasteiger partial charge in [-0.25, -0.2) is 4.79 Å². The monoisotopic (exact) mass is 307 g/mol. The van der Waals surface area contributed by atoms with E-state index in [4.69, 9.17) is 9.47 Å². The Labute approximate surface area is 134 Å². The largest absolute Gasteiger partial charge is 0.490 e. The molecule has 0 spiro atoms. The molecule has 4 nitrogen and oxygen atoms in total. The summed E-state index contributed by atoms with van der Waals surface area (Å²) < 4.78 is 11.2. The van der Waals surface area contributed by atoms with E-state index in [1.165, 1.54) is 0 Å². The summed E-state index contributed by atoms with van der Waals surface area (Å²) in [5, 5.41) is 2.78. The normalized spacial score (nSPS) is 12.7. The van der Waals surface area contributed by atoms with Gasteiger partial charge in [0, 0.05) is 6.54 Å². The standard InChI is InChI=1S/C18H29NO3/c1-8-14(4)21-16-12(2)9-15(10-13(16)3)11-19-17(20)22-18(5,6)7/h9-10,14H,8,11H2,1-7H3,(H,19,20)/t14-/m1/s1. The van der Waals surface area contributed by atoms with Crippen LogP contribution in [0.5, 0.6) is 5.75 Å². The van der Waals surface area contributed by atoms with Gasteiger partial charge in [-0.2, -0.15) is 0 Å². The molecule has 0 saturated carbocycles. The number of hydrogen-bond donors (Lipinski definition) is 1. The maximum Gasteiger partial charge on any atom is 0.407 e. The number of hydrogen-bond acceptors (Lipinski definition) is 3. The summed E-state index contributed by atoms with van der Waals surface area (Å²) in [6.07, 6.45) is 0.770. The van der Waals surface area contributed by atoms with Crippen molar-refractivity contribution < 1.29 is 14.3 Å². The molecule has 0 unspecified atom stereocenters. The summed E-state index contributed by atoms with van der Waals surface area (Å²) in [5.41, 5.74) is 2.73. The zero-order valence-corrected chi connectivity index (χ0v) is 14.9. The van der Waals surface area contributed by atoms with Crippen LogP contribution in [0.3, 0.4) is 0 Å². The van der Waals surface area contributed by atoms with Gasteiger partial charge in [0.25, 0.3) is 0 Å². The molecule has 1 amide bonds. The average molecular weight is 307 g/mol. The van der Waals surface area contributed by atoms with Crippen LogP contribution in [0.4, 0.5) is 4.79 Å². The van der Waals surface area contributed by atoms with E-state index in [0.29, 0.717) is 6.54 Å². The fourth-order valence-corrected chi connectivity index (χ4v) is 2.10. The minimum absolute atomic E-state index is 0.197. The van der Waals surface area contributed by atoms with E-state index in [1.807, 2.05) is 46.8 Å². The smallest absolute Gasteiger partial charge is 0.407 e. The first-order valence-electron chi connectivity index (χ1n) is 7.86. The molecule has 1 aromatic carbocycles. The Morgan fingerprint density at radius 2 is 1.77 bits per heavy atom. The number of rotatable bonds is 5. The highest BCUT2D eigenvalue weighted by Gasteiger charge is 2.16. The maximum atomic E-state index is 11.7. The van der Waals surface area contributed by atoms with Crippen LogP contribution in [0.25, 0.3) is 0 Å². The lowest BCUT2D eigenvalue weighted by molar-refractivity contribution is 0.0523. The predicted octanol–water partition coefficient (Wildman–Crippen LogP) is 4.51.